The summed E-state index contributed by atoms with van der Waals surface area (Å²) in [4.78, 5) is 6.58. The standard InChI is InChI=1S/C16H28N4O/c1-13-6-7-15(12-14(13)2)19-16(17)18-8-5-9-20(3)10-11-21-4/h6-7,12H,5,8-11H2,1-4H3,(H3,17,18,19). The van der Waals surface area contributed by atoms with Crippen molar-refractivity contribution in [3.8, 4) is 0 Å². The Balaban J connectivity index is 2.31. The number of rotatable bonds is 8. The lowest BCUT2D eigenvalue weighted by atomic mass is 10.1. The highest BCUT2D eigenvalue weighted by molar-refractivity contribution is 5.92. The van der Waals surface area contributed by atoms with E-state index in [1.807, 2.05) is 6.07 Å². The fourth-order valence-corrected chi connectivity index (χ4v) is 1.91. The minimum atomic E-state index is 0.470. The first kappa shape index (κ1) is 17.5. The van der Waals surface area contributed by atoms with Crippen molar-refractivity contribution in [3.63, 3.8) is 0 Å². The summed E-state index contributed by atoms with van der Waals surface area (Å²) in [6.45, 7) is 7.60. The largest absolute Gasteiger partial charge is 0.383 e. The van der Waals surface area contributed by atoms with Gasteiger partial charge in [-0.2, -0.15) is 0 Å². The van der Waals surface area contributed by atoms with Crippen molar-refractivity contribution in [1.82, 2.24) is 4.90 Å². The maximum atomic E-state index is 5.90. The fraction of sp³-hybridized carbons (Fsp3) is 0.562. The molecule has 0 fully saturated rings. The lowest BCUT2D eigenvalue weighted by Gasteiger charge is -2.15. The average molecular weight is 292 g/mol. The maximum absolute atomic E-state index is 5.90. The molecule has 0 aliphatic rings. The van der Waals surface area contributed by atoms with Crippen LogP contribution in [-0.4, -0.2) is 51.3 Å². The summed E-state index contributed by atoms with van der Waals surface area (Å²) in [7, 11) is 3.80. The molecule has 0 amide bonds. The van der Waals surface area contributed by atoms with E-state index in [2.05, 4.69) is 48.2 Å². The van der Waals surface area contributed by atoms with Gasteiger partial charge >= 0.3 is 0 Å². The number of ether oxygens (including phenoxy) is 1. The Kier molecular flexibility index (Phi) is 7.79. The second kappa shape index (κ2) is 9.37. The van der Waals surface area contributed by atoms with E-state index >= 15 is 0 Å². The highest BCUT2D eigenvalue weighted by atomic mass is 16.5. The first-order valence-electron chi connectivity index (χ1n) is 7.34. The zero-order chi connectivity index (χ0) is 15.7. The Morgan fingerprint density at radius 2 is 2.05 bits per heavy atom. The van der Waals surface area contributed by atoms with Crippen LogP contribution in [0.25, 0.3) is 0 Å². The Labute approximate surface area is 128 Å². The third-order valence-corrected chi connectivity index (χ3v) is 3.44. The van der Waals surface area contributed by atoms with Crippen LogP contribution in [0.15, 0.2) is 23.2 Å². The molecule has 0 aliphatic heterocycles. The van der Waals surface area contributed by atoms with Gasteiger partial charge < -0.3 is 20.7 Å². The van der Waals surface area contributed by atoms with Gasteiger partial charge in [0.2, 0.25) is 0 Å². The van der Waals surface area contributed by atoms with Crippen LogP contribution in [-0.2, 0) is 4.74 Å². The lowest BCUT2D eigenvalue weighted by Crippen LogP contribution is -2.25. The molecule has 21 heavy (non-hydrogen) atoms. The number of nitrogens with zero attached hydrogens (tertiary/aromatic N) is 2. The second-order valence-electron chi connectivity index (χ2n) is 5.34. The van der Waals surface area contributed by atoms with Gasteiger partial charge in [-0.15, -0.1) is 0 Å². The summed E-state index contributed by atoms with van der Waals surface area (Å²) >= 11 is 0. The van der Waals surface area contributed by atoms with Crippen LogP contribution in [0.4, 0.5) is 5.69 Å². The zero-order valence-corrected chi connectivity index (χ0v) is 13.6. The molecule has 0 spiro atoms. The van der Waals surface area contributed by atoms with E-state index in [9.17, 15) is 0 Å². The minimum Gasteiger partial charge on any atom is -0.383 e. The summed E-state index contributed by atoms with van der Waals surface area (Å²) in [6, 6.07) is 6.18. The Hall–Kier alpha value is -1.59. The van der Waals surface area contributed by atoms with Gasteiger partial charge in [0.25, 0.3) is 0 Å². The predicted octanol–water partition coefficient (Wildman–Crippen LogP) is 2.00. The molecule has 118 valence electrons. The summed E-state index contributed by atoms with van der Waals surface area (Å²) < 4.78 is 5.04. The van der Waals surface area contributed by atoms with Crippen molar-refractivity contribution in [2.75, 3.05) is 45.7 Å². The molecule has 0 unspecified atom stereocenters. The van der Waals surface area contributed by atoms with Crippen LogP contribution in [0, 0.1) is 13.8 Å². The van der Waals surface area contributed by atoms with Crippen molar-refractivity contribution in [1.29, 1.82) is 0 Å². The minimum absolute atomic E-state index is 0.470. The van der Waals surface area contributed by atoms with Crippen LogP contribution in [0.5, 0.6) is 0 Å². The highest BCUT2D eigenvalue weighted by Gasteiger charge is 1.99. The molecule has 0 saturated heterocycles. The molecule has 3 N–H and O–H groups in total. The summed E-state index contributed by atoms with van der Waals surface area (Å²) in [6.07, 6.45) is 0.982. The molecule has 5 heteroatoms. The van der Waals surface area contributed by atoms with Crippen LogP contribution < -0.4 is 11.1 Å². The number of likely N-dealkylation sites (N-methyl/N-ethyl adjacent to an activating group) is 1. The van der Waals surface area contributed by atoms with Crippen LogP contribution in [0.2, 0.25) is 0 Å². The molecule has 0 heterocycles. The number of anilines is 1. The molecule has 0 aliphatic carbocycles. The number of hydrogen-bond donors (Lipinski definition) is 2. The summed E-state index contributed by atoms with van der Waals surface area (Å²) in [5.41, 5.74) is 9.40. The Bertz CT molecular complexity index is 460. The third kappa shape index (κ3) is 7.11. The van der Waals surface area contributed by atoms with Crippen LogP contribution in [0.3, 0.4) is 0 Å². The number of hydrogen-bond acceptors (Lipinski definition) is 3. The zero-order valence-electron chi connectivity index (χ0n) is 13.6. The summed E-state index contributed by atoms with van der Waals surface area (Å²) in [5.74, 6) is 0.470. The summed E-state index contributed by atoms with van der Waals surface area (Å²) in [5, 5.41) is 3.13. The molecule has 5 nitrogen and oxygen atoms in total. The van der Waals surface area contributed by atoms with Gasteiger partial charge in [0.05, 0.1) is 6.61 Å². The van der Waals surface area contributed by atoms with E-state index < -0.39 is 0 Å². The first-order chi connectivity index (χ1) is 10.0. The number of nitrogens with two attached hydrogens (primary N) is 1. The van der Waals surface area contributed by atoms with Crippen LogP contribution >= 0.6 is 0 Å². The highest BCUT2D eigenvalue weighted by Crippen LogP contribution is 2.13. The van der Waals surface area contributed by atoms with E-state index in [0.717, 1.165) is 38.3 Å². The number of benzene rings is 1. The van der Waals surface area contributed by atoms with E-state index in [1.165, 1.54) is 11.1 Å². The van der Waals surface area contributed by atoms with Crippen molar-refractivity contribution < 1.29 is 4.74 Å². The van der Waals surface area contributed by atoms with E-state index in [4.69, 9.17) is 10.5 Å². The van der Waals surface area contributed by atoms with Gasteiger partial charge in [-0.1, -0.05) is 6.07 Å². The monoisotopic (exact) mass is 292 g/mol. The van der Waals surface area contributed by atoms with Gasteiger partial charge in [0.1, 0.15) is 0 Å². The van der Waals surface area contributed by atoms with Crippen molar-refractivity contribution in [2.45, 2.75) is 20.3 Å². The van der Waals surface area contributed by atoms with E-state index in [0.29, 0.717) is 5.96 Å². The molecule has 0 saturated carbocycles. The Morgan fingerprint density at radius 1 is 1.29 bits per heavy atom. The predicted molar refractivity (Wildman–Crippen MR) is 90.0 cm³/mol. The number of aryl methyl sites for hydroxylation is 2. The maximum Gasteiger partial charge on any atom is 0.193 e. The topological polar surface area (TPSA) is 62.9 Å². The first-order valence-corrected chi connectivity index (χ1v) is 7.34. The SMILES string of the molecule is COCCN(C)CCCN=C(N)Nc1ccc(C)c(C)c1. The van der Waals surface area contributed by atoms with Crippen molar-refractivity contribution in [2.24, 2.45) is 10.7 Å². The fourth-order valence-electron chi connectivity index (χ4n) is 1.91. The molecule has 1 aromatic rings. The van der Waals surface area contributed by atoms with Crippen molar-refractivity contribution >= 4 is 11.6 Å². The number of nitrogens with one attached hydrogen (secondary N) is 1. The normalized spacial score (nSPS) is 12.0. The Morgan fingerprint density at radius 3 is 2.71 bits per heavy atom. The molecule has 1 rings (SSSR count). The van der Waals surface area contributed by atoms with Gasteiger partial charge in [0.15, 0.2) is 5.96 Å². The van der Waals surface area contributed by atoms with Gasteiger partial charge in [-0.3, -0.25) is 4.99 Å². The molecule has 0 radical (unpaired) electrons. The number of methoxy groups -OCH3 is 1. The van der Waals surface area contributed by atoms with Crippen molar-refractivity contribution in [3.05, 3.63) is 29.3 Å². The van der Waals surface area contributed by atoms with Gasteiger partial charge in [0, 0.05) is 25.9 Å². The lowest BCUT2D eigenvalue weighted by molar-refractivity contribution is 0.161. The number of guanidine groups is 1. The smallest absolute Gasteiger partial charge is 0.193 e. The van der Waals surface area contributed by atoms with Crippen LogP contribution in [0.1, 0.15) is 17.5 Å². The van der Waals surface area contributed by atoms with E-state index in [1.54, 1.807) is 7.11 Å². The molecule has 1 aromatic carbocycles. The average Bonchev–Trinajstić information content (AvgIpc) is 2.45. The third-order valence-electron chi connectivity index (χ3n) is 3.44. The molecule has 0 atom stereocenters. The molecular formula is C16H28N4O. The van der Waals surface area contributed by atoms with E-state index in [-0.39, 0.29) is 0 Å². The van der Waals surface area contributed by atoms with Gasteiger partial charge in [-0.05, 0) is 57.1 Å². The molecule has 0 bridgehead atoms. The number of aliphatic imine (C=N–C) groups is 1. The molecular weight excluding hydrogens is 264 g/mol. The molecule has 0 aromatic heterocycles. The van der Waals surface area contributed by atoms with Gasteiger partial charge in [-0.25, -0.2) is 0 Å². The quantitative estimate of drug-likeness (QED) is 0.437. The second-order valence-corrected chi connectivity index (χ2v) is 5.34.